The highest BCUT2D eigenvalue weighted by Crippen LogP contribution is 2.33. The van der Waals surface area contributed by atoms with Crippen LogP contribution in [0.15, 0.2) is 21.5 Å². The SMILES string of the molecule is Cc1c(Br)cc(CO)cc1S(=O)(=O)N1[C@H](C)CCC[C@@H]1C. The van der Waals surface area contributed by atoms with Crippen LogP contribution in [0.5, 0.6) is 0 Å². The topological polar surface area (TPSA) is 57.6 Å². The van der Waals surface area contributed by atoms with Crippen molar-refractivity contribution in [2.45, 2.75) is 63.6 Å². The predicted octanol–water partition coefficient (Wildman–Crippen LogP) is 3.20. The molecule has 1 fully saturated rings. The zero-order valence-electron chi connectivity index (χ0n) is 12.6. The normalized spacial score (nSPS) is 24.2. The highest BCUT2D eigenvalue weighted by Gasteiger charge is 2.36. The Morgan fingerprint density at radius 2 is 1.86 bits per heavy atom. The van der Waals surface area contributed by atoms with Crippen LogP contribution in [0.25, 0.3) is 0 Å². The van der Waals surface area contributed by atoms with Gasteiger partial charge in [-0.3, -0.25) is 0 Å². The van der Waals surface area contributed by atoms with Crippen molar-refractivity contribution >= 4 is 26.0 Å². The number of piperidine rings is 1. The lowest BCUT2D eigenvalue weighted by Crippen LogP contribution is -2.47. The van der Waals surface area contributed by atoms with Crippen LogP contribution in [-0.2, 0) is 16.6 Å². The third-order valence-electron chi connectivity index (χ3n) is 4.21. The molecule has 0 unspecified atom stereocenters. The Morgan fingerprint density at radius 1 is 1.29 bits per heavy atom. The van der Waals surface area contributed by atoms with E-state index in [4.69, 9.17) is 0 Å². The molecule has 21 heavy (non-hydrogen) atoms. The van der Waals surface area contributed by atoms with E-state index < -0.39 is 10.0 Å². The minimum absolute atomic E-state index is 0.00899. The number of rotatable bonds is 3. The van der Waals surface area contributed by atoms with Gasteiger partial charge >= 0.3 is 0 Å². The van der Waals surface area contributed by atoms with Crippen molar-refractivity contribution < 1.29 is 13.5 Å². The molecule has 0 radical (unpaired) electrons. The van der Waals surface area contributed by atoms with Crippen LogP contribution in [0.1, 0.15) is 44.2 Å². The van der Waals surface area contributed by atoms with Crippen molar-refractivity contribution in [1.82, 2.24) is 4.31 Å². The molecule has 1 aliphatic heterocycles. The Morgan fingerprint density at radius 3 is 2.38 bits per heavy atom. The number of hydrogen-bond acceptors (Lipinski definition) is 3. The van der Waals surface area contributed by atoms with E-state index in [0.717, 1.165) is 19.3 Å². The lowest BCUT2D eigenvalue weighted by atomic mass is 10.0. The van der Waals surface area contributed by atoms with Crippen molar-refractivity contribution in [2.75, 3.05) is 0 Å². The first-order valence-electron chi connectivity index (χ1n) is 7.22. The first-order chi connectivity index (χ1) is 9.78. The summed E-state index contributed by atoms with van der Waals surface area (Å²) in [5.74, 6) is 0. The Hall–Kier alpha value is -0.430. The molecule has 1 heterocycles. The summed E-state index contributed by atoms with van der Waals surface area (Å²) < 4.78 is 28.5. The van der Waals surface area contributed by atoms with Gasteiger partial charge in [0.1, 0.15) is 0 Å². The molecule has 2 atom stereocenters. The average molecular weight is 376 g/mol. The molecule has 0 bridgehead atoms. The molecular weight excluding hydrogens is 354 g/mol. The van der Waals surface area contributed by atoms with Crippen LogP contribution >= 0.6 is 15.9 Å². The lowest BCUT2D eigenvalue weighted by Gasteiger charge is -2.38. The van der Waals surface area contributed by atoms with Gasteiger partial charge in [-0.2, -0.15) is 4.31 Å². The fourth-order valence-electron chi connectivity index (χ4n) is 3.05. The standard InChI is InChI=1S/C15H22BrNO3S/c1-10-5-4-6-11(2)17(10)21(19,20)15-8-13(9-18)7-14(16)12(15)3/h7-8,10-11,18H,4-6,9H2,1-3H3/t10-,11+. The number of halogens is 1. The summed E-state index contributed by atoms with van der Waals surface area (Å²) in [5, 5.41) is 9.33. The number of hydrogen-bond donors (Lipinski definition) is 1. The molecule has 1 aromatic carbocycles. The summed E-state index contributed by atoms with van der Waals surface area (Å²) in [6, 6.07) is 3.37. The van der Waals surface area contributed by atoms with Crippen LogP contribution in [0.3, 0.4) is 0 Å². The van der Waals surface area contributed by atoms with Crippen LogP contribution in [0, 0.1) is 6.92 Å². The van der Waals surface area contributed by atoms with E-state index in [-0.39, 0.29) is 18.7 Å². The Kier molecular flexibility index (Phi) is 5.13. The van der Waals surface area contributed by atoms with E-state index in [9.17, 15) is 13.5 Å². The van der Waals surface area contributed by atoms with Gasteiger partial charge in [0.05, 0.1) is 11.5 Å². The first kappa shape index (κ1) is 16.9. The molecule has 1 saturated heterocycles. The summed E-state index contributed by atoms with van der Waals surface area (Å²) in [4.78, 5) is 0.293. The second kappa shape index (κ2) is 6.36. The lowest BCUT2D eigenvalue weighted by molar-refractivity contribution is 0.204. The van der Waals surface area contributed by atoms with Crippen molar-refractivity contribution in [1.29, 1.82) is 0 Å². The predicted molar refractivity (Wildman–Crippen MR) is 86.6 cm³/mol. The Balaban J connectivity index is 2.55. The molecule has 1 aliphatic rings. The van der Waals surface area contributed by atoms with Crippen LogP contribution in [-0.4, -0.2) is 29.9 Å². The Bertz CT molecular complexity index is 620. The maximum atomic E-state index is 13.1. The molecule has 0 saturated carbocycles. The fraction of sp³-hybridized carbons (Fsp3) is 0.600. The molecule has 4 nitrogen and oxygen atoms in total. The maximum Gasteiger partial charge on any atom is 0.243 e. The van der Waals surface area contributed by atoms with Gasteiger partial charge in [-0.05, 0) is 56.9 Å². The van der Waals surface area contributed by atoms with Crippen molar-refractivity contribution in [3.8, 4) is 0 Å². The number of aliphatic hydroxyl groups excluding tert-OH is 1. The Labute approximate surface area is 135 Å². The summed E-state index contributed by atoms with van der Waals surface area (Å²) in [6.07, 6.45) is 2.85. The van der Waals surface area contributed by atoms with Gasteiger partial charge in [-0.25, -0.2) is 8.42 Å². The van der Waals surface area contributed by atoms with Crippen LogP contribution in [0.4, 0.5) is 0 Å². The summed E-state index contributed by atoms with van der Waals surface area (Å²) in [5.41, 5.74) is 1.29. The minimum atomic E-state index is -3.55. The van der Waals surface area contributed by atoms with Gasteiger partial charge in [0.2, 0.25) is 10.0 Å². The van der Waals surface area contributed by atoms with Gasteiger partial charge < -0.3 is 5.11 Å². The van der Waals surface area contributed by atoms with Gasteiger partial charge in [0.25, 0.3) is 0 Å². The van der Waals surface area contributed by atoms with Gasteiger partial charge in [-0.1, -0.05) is 22.4 Å². The average Bonchev–Trinajstić information content (AvgIpc) is 2.41. The second-order valence-corrected chi connectivity index (χ2v) is 8.49. The quantitative estimate of drug-likeness (QED) is 0.882. The monoisotopic (exact) mass is 375 g/mol. The molecule has 0 aliphatic carbocycles. The van der Waals surface area contributed by atoms with Gasteiger partial charge in [0, 0.05) is 16.6 Å². The van der Waals surface area contributed by atoms with E-state index in [1.54, 1.807) is 23.4 Å². The zero-order valence-corrected chi connectivity index (χ0v) is 15.0. The smallest absolute Gasteiger partial charge is 0.243 e. The van der Waals surface area contributed by atoms with E-state index in [1.165, 1.54) is 0 Å². The summed E-state index contributed by atoms with van der Waals surface area (Å²) in [6.45, 7) is 5.55. The number of nitrogens with zero attached hydrogens (tertiary/aromatic N) is 1. The molecule has 1 N–H and O–H groups in total. The number of sulfonamides is 1. The van der Waals surface area contributed by atoms with E-state index in [1.807, 2.05) is 13.8 Å². The van der Waals surface area contributed by atoms with Crippen LogP contribution in [0.2, 0.25) is 0 Å². The highest BCUT2D eigenvalue weighted by molar-refractivity contribution is 9.10. The minimum Gasteiger partial charge on any atom is -0.392 e. The molecule has 0 aromatic heterocycles. The van der Waals surface area contributed by atoms with Crippen molar-refractivity contribution in [2.24, 2.45) is 0 Å². The van der Waals surface area contributed by atoms with Crippen molar-refractivity contribution in [3.05, 3.63) is 27.7 Å². The van der Waals surface area contributed by atoms with E-state index in [0.29, 0.717) is 20.5 Å². The largest absolute Gasteiger partial charge is 0.392 e. The van der Waals surface area contributed by atoms with Gasteiger partial charge in [0.15, 0.2) is 0 Å². The third kappa shape index (κ3) is 3.18. The number of aliphatic hydroxyl groups is 1. The van der Waals surface area contributed by atoms with Crippen LogP contribution < -0.4 is 0 Å². The van der Waals surface area contributed by atoms with E-state index >= 15 is 0 Å². The fourth-order valence-corrected chi connectivity index (χ4v) is 5.87. The molecule has 2 rings (SSSR count). The van der Waals surface area contributed by atoms with Crippen molar-refractivity contribution in [3.63, 3.8) is 0 Å². The third-order valence-corrected chi connectivity index (χ3v) is 7.29. The summed E-state index contributed by atoms with van der Waals surface area (Å²) in [7, 11) is -3.55. The molecule has 0 spiro atoms. The molecule has 0 amide bonds. The molecular formula is C15H22BrNO3S. The number of benzene rings is 1. The molecule has 6 heteroatoms. The molecule has 118 valence electrons. The molecule has 1 aromatic rings. The zero-order chi connectivity index (χ0) is 15.8. The first-order valence-corrected chi connectivity index (χ1v) is 9.45. The highest BCUT2D eigenvalue weighted by atomic mass is 79.9. The second-order valence-electron chi connectivity index (χ2n) is 5.82. The maximum absolute atomic E-state index is 13.1. The van der Waals surface area contributed by atoms with Gasteiger partial charge in [-0.15, -0.1) is 0 Å². The summed E-state index contributed by atoms with van der Waals surface area (Å²) >= 11 is 3.39. The van der Waals surface area contributed by atoms with E-state index in [2.05, 4.69) is 15.9 Å².